The van der Waals surface area contributed by atoms with Crippen LogP contribution in [0.15, 0.2) is 152 Å². The second-order valence-electron chi connectivity index (χ2n) is 16.2. The molecule has 0 N–H and O–H groups in total. The molecule has 274 valence electrons. The molecule has 1 heterocycles. The van der Waals surface area contributed by atoms with Gasteiger partial charge in [-0.15, -0.1) is 0 Å². The van der Waals surface area contributed by atoms with Crippen molar-refractivity contribution in [2.24, 2.45) is 17.8 Å². The highest BCUT2D eigenvalue weighted by Gasteiger charge is 2.45. The van der Waals surface area contributed by atoms with Gasteiger partial charge in [-0.2, -0.15) is 5.26 Å². The van der Waals surface area contributed by atoms with Gasteiger partial charge in [-0.3, -0.25) is 0 Å². The molecule has 0 spiro atoms. The van der Waals surface area contributed by atoms with Gasteiger partial charge in [0.25, 0.3) is 0 Å². The number of hydrogen-bond acceptors (Lipinski definition) is 4. The van der Waals surface area contributed by atoms with E-state index < -0.39 is 0 Å². The van der Waals surface area contributed by atoms with Gasteiger partial charge in [0.15, 0.2) is 17.5 Å². The first kappa shape index (κ1) is 35.5. The molecule has 2 saturated carbocycles. The quantitative estimate of drug-likeness (QED) is 0.156. The molecule has 4 atom stereocenters. The molecule has 4 heteroatoms. The lowest BCUT2D eigenvalue weighted by atomic mass is 9.54. The highest BCUT2D eigenvalue weighted by atomic mass is 15.0. The summed E-state index contributed by atoms with van der Waals surface area (Å²) in [5.74, 6) is 4.30. The van der Waals surface area contributed by atoms with E-state index in [0.717, 1.165) is 67.8 Å². The Bertz CT molecular complexity index is 2520. The number of fused-ring (bicyclic) bond motifs is 2. The van der Waals surface area contributed by atoms with Gasteiger partial charge in [-0.05, 0) is 118 Å². The molecular formula is C52H46N4. The Hall–Kier alpha value is -6.18. The van der Waals surface area contributed by atoms with Crippen molar-refractivity contribution in [2.75, 3.05) is 0 Å². The topological polar surface area (TPSA) is 62.5 Å². The van der Waals surface area contributed by atoms with Crippen LogP contribution in [-0.4, -0.2) is 15.0 Å². The van der Waals surface area contributed by atoms with E-state index in [4.69, 9.17) is 15.0 Å². The van der Waals surface area contributed by atoms with Crippen molar-refractivity contribution in [2.45, 2.75) is 57.8 Å². The maximum Gasteiger partial charge on any atom is 0.164 e. The zero-order valence-electron chi connectivity index (χ0n) is 32.2. The third-order valence-electron chi connectivity index (χ3n) is 12.4. The van der Waals surface area contributed by atoms with Crippen LogP contribution in [0.2, 0.25) is 0 Å². The van der Waals surface area contributed by atoms with Gasteiger partial charge < -0.3 is 0 Å². The Morgan fingerprint density at radius 2 is 1.11 bits per heavy atom. The summed E-state index contributed by atoms with van der Waals surface area (Å²) in [5, 5.41) is 9.57. The number of aromatic nitrogens is 3. The molecular weight excluding hydrogens is 681 g/mol. The molecule has 2 fully saturated rings. The third kappa shape index (κ3) is 6.95. The molecule has 2 bridgehead atoms. The average molecular weight is 727 g/mol. The van der Waals surface area contributed by atoms with Gasteiger partial charge in [-0.25, -0.2) is 15.0 Å². The lowest BCUT2D eigenvalue weighted by molar-refractivity contribution is 0.0702. The standard InChI is InChI=1S/C52H46N4/c1-3-36-29-38-28-35(2)31-52(32-36,33-38)44-25-22-40(23-26-44)45-16-10-11-17-46(45)50-54-49(42-14-8-5-9-15-42)55-51(56-50)47-27-24-43(39-12-6-4-7-13-39)30-48(47)41-20-18-37(34-53)19-21-41/h4-27,30,35-36,38H,3,28-29,31-33H2,1-2H3/t35-,36+,38-,52?/m0/s1. The predicted molar refractivity (Wildman–Crippen MR) is 228 cm³/mol. The third-order valence-corrected chi connectivity index (χ3v) is 12.4. The smallest absolute Gasteiger partial charge is 0.164 e. The molecule has 9 rings (SSSR count). The fourth-order valence-corrected chi connectivity index (χ4v) is 9.94. The number of hydrogen-bond donors (Lipinski definition) is 0. The summed E-state index contributed by atoms with van der Waals surface area (Å²) in [4.78, 5) is 15.6. The van der Waals surface area contributed by atoms with Gasteiger partial charge >= 0.3 is 0 Å². The molecule has 2 aliphatic rings. The summed E-state index contributed by atoms with van der Waals surface area (Å²) in [7, 11) is 0. The summed E-state index contributed by atoms with van der Waals surface area (Å²) in [5.41, 5.74) is 11.7. The van der Waals surface area contributed by atoms with Crippen molar-refractivity contribution in [3.63, 3.8) is 0 Å². The maximum absolute atomic E-state index is 9.57. The molecule has 2 aliphatic carbocycles. The van der Waals surface area contributed by atoms with E-state index in [9.17, 15) is 5.26 Å². The van der Waals surface area contributed by atoms with Crippen LogP contribution in [0, 0.1) is 29.1 Å². The Labute approximate surface area is 331 Å². The fourth-order valence-electron chi connectivity index (χ4n) is 9.94. The van der Waals surface area contributed by atoms with Crippen LogP contribution < -0.4 is 0 Å². The molecule has 0 aliphatic heterocycles. The monoisotopic (exact) mass is 726 g/mol. The highest BCUT2D eigenvalue weighted by Crippen LogP contribution is 2.55. The van der Waals surface area contributed by atoms with Crippen molar-refractivity contribution in [3.8, 4) is 73.6 Å². The van der Waals surface area contributed by atoms with Gasteiger partial charge in [0.1, 0.15) is 0 Å². The minimum absolute atomic E-state index is 0.287. The SMILES string of the molecule is CC[C@@H]1C[C@@H]2C[C@H](C)CC(c3ccc(-c4ccccc4-c4nc(-c5ccccc5)nc(-c5ccc(-c6ccccc6)cc5-c5ccc(C#N)cc5)n4)cc3)(C1)C2. The Morgan fingerprint density at radius 3 is 1.79 bits per heavy atom. The predicted octanol–water partition coefficient (Wildman–Crippen LogP) is 13.2. The van der Waals surface area contributed by atoms with E-state index >= 15 is 0 Å². The second kappa shape index (κ2) is 15.2. The average Bonchev–Trinajstić information content (AvgIpc) is 3.26. The Kier molecular flexibility index (Phi) is 9.61. The molecule has 56 heavy (non-hydrogen) atoms. The van der Waals surface area contributed by atoms with Crippen molar-refractivity contribution >= 4 is 0 Å². The van der Waals surface area contributed by atoms with Crippen LogP contribution in [0.3, 0.4) is 0 Å². The van der Waals surface area contributed by atoms with Gasteiger partial charge in [-0.1, -0.05) is 148 Å². The lowest BCUT2D eigenvalue weighted by Crippen LogP contribution is -2.42. The molecule has 0 amide bonds. The fraction of sp³-hybridized carbons (Fsp3) is 0.231. The van der Waals surface area contributed by atoms with E-state index in [1.54, 1.807) is 0 Å². The van der Waals surface area contributed by atoms with Crippen molar-refractivity contribution in [3.05, 3.63) is 163 Å². The van der Waals surface area contributed by atoms with Crippen molar-refractivity contribution in [1.82, 2.24) is 15.0 Å². The van der Waals surface area contributed by atoms with Crippen molar-refractivity contribution in [1.29, 1.82) is 5.26 Å². The van der Waals surface area contributed by atoms with Crippen LogP contribution in [0.25, 0.3) is 67.5 Å². The number of nitriles is 1. The van der Waals surface area contributed by atoms with E-state index in [0.29, 0.717) is 23.0 Å². The Morgan fingerprint density at radius 1 is 0.536 bits per heavy atom. The summed E-state index contributed by atoms with van der Waals surface area (Å²) in [6.07, 6.45) is 8.00. The largest absolute Gasteiger partial charge is 0.208 e. The number of rotatable bonds is 8. The second-order valence-corrected chi connectivity index (χ2v) is 16.2. The van der Waals surface area contributed by atoms with E-state index in [2.05, 4.69) is 123 Å². The summed E-state index contributed by atoms with van der Waals surface area (Å²) >= 11 is 0. The van der Waals surface area contributed by atoms with Crippen LogP contribution in [0.5, 0.6) is 0 Å². The molecule has 0 radical (unpaired) electrons. The van der Waals surface area contributed by atoms with Crippen LogP contribution in [0.1, 0.15) is 63.5 Å². The number of benzene rings is 6. The summed E-state index contributed by atoms with van der Waals surface area (Å²) < 4.78 is 0. The molecule has 6 aromatic carbocycles. The zero-order valence-corrected chi connectivity index (χ0v) is 32.2. The maximum atomic E-state index is 9.57. The number of nitrogens with zero attached hydrogens (tertiary/aromatic N) is 4. The van der Waals surface area contributed by atoms with E-state index in [1.165, 1.54) is 44.1 Å². The first-order chi connectivity index (χ1) is 27.5. The minimum Gasteiger partial charge on any atom is -0.208 e. The molecule has 1 aromatic heterocycles. The van der Waals surface area contributed by atoms with E-state index in [-0.39, 0.29) is 5.41 Å². The van der Waals surface area contributed by atoms with Gasteiger partial charge in [0, 0.05) is 16.7 Å². The summed E-state index contributed by atoms with van der Waals surface area (Å²) in [6, 6.07) is 55.1. The first-order valence-corrected chi connectivity index (χ1v) is 20.2. The lowest BCUT2D eigenvalue weighted by Gasteiger charge is -2.51. The van der Waals surface area contributed by atoms with E-state index in [1.807, 2.05) is 48.5 Å². The molecule has 0 saturated heterocycles. The highest BCUT2D eigenvalue weighted by molar-refractivity contribution is 5.87. The molecule has 4 nitrogen and oxygen atoms in total. The minimum atomic E-state index is 0.287. The zero-order chi connectivity index (χ0) is 38.1. The van der Waals surface area contributed by atoms with Gasteiger partial charge in [0.2, 0.25) is 0 Å². The summed E-state index contributed by atoms with van der Waals surface area (Å²) in [6.45, 7) is 4.85. The van der Waals surface area contributed by atoms with Crippen LogP contribution in [0.4, 0.5) is 0 Å². The van der Waals surface area contributed by atoms with Gasteiger partial charge in [0.05, 0.1) is 11.6 Å². The van der Waals surface area contributed by atoms with Crippen molar-refractivity contribution < 1.29 is 0 Å². The van der Waals surface area contributed by atoms with Crippen LogP contribution in [-0.2, 0) is 5.41 Å². The van der Waals surface area contributed by atoms with Crippen LogP contribution >= 0.6 is 0 Å². The first-order valence-electron chi connectivity index (χ1n) is 20.2. The normalized spacial score (nSPS) is 20.3. The molecule has 1 unspecified atom stereocenters. The molecule has 7 aromatic rings. The Balaban J connectivity index is 1.17.